The Hall–Kier alpha value is -4.46. The molecule has 0 saturated carbocycles. The number of primary amides is 2. The van der Waals surface area contributed by atoms with Crippen LogP contribution in [0.15, 0.2) is 91.4 Å². The Balaban J connectivity index is 1.70. The Morgan fingerprint density at radius 1 is 0.778 bits per heavy atom. The Labute approximate surface area is 210 Å². The second kappa shape index (κ2) is 12.9. The summed E-state index contributed by atoms with van der Waals surface area (Å²) in [7, 11) is 0. The van der Waals surface area contributed by atoms with Crippen LogP contribution >= 0.6 is 0 Å². The molecule has 0 spiro atoms. The fraction of sp³-hybridized carbons (Fsp3) is 0.214. The molecule has 8 nitrogen and oxygen atoms in total. The van der Waals surface area contributed by atoms with Crippen LogP contribution < -0.4 is 22.1 Å². The van der Waals surface area contributed by atoms with Crippen molar-refractivity contribution in [2.45, 2.75) is 37.8 Å². The summed E-state index contributed by atoms with van der Waals surface area (Å²) in [5, 5.41) is 5.83. The van der Waals surface area contributed by atoms with Crippen LogP contribution in [0.3, 0.4) is 0 Å². The molecule has 0 saturated heterocycles. The highest BCUT2D eigenvalue weighted by atomic mass is 16.2. The number of carbonyl (C=O) groups is 3. The number of carbonyl (C=O) groups excluding carboxylic acids is 3. The van der Waals surface area contributed by atoms with Crippen LogP contribution in [0, 0.1) is 0 Å². The number of aromatic nitrogens is 1. The van der Waals surface area contributed by atoms with E-state index in [2.05, 4.69) is 22.2 Å². The fourth-order valence-electron chi connectivity index (χ4n) is 3.75. The molecular formula is C28H31N5O3. The van der Waals surface area contributed by atoms with Gasteiger partial charge in [-0.25, -0.2) is 0 Å². The van der Waals surface area contributed by atoms with Gasteiger partial charge in [-0.3, -0.25) is 19.4 Å². The number of rotatable bonds is 13. The average Bonchev–Trinajstić information content (AvgIpc) is 2.88. The summed E-state index contributed by atoms with van der Waals surface area (Å²) in [5.41, 5.74) is 15.2. The first-order valence-electron chi connectivity index (χ1n) is 11.7. The number of nitrogens with zero attached hydrogens (tertiary/aromatic N) is 1. The van der Waals surface area contributed by atoms with Crippen molar-refractivity contribution in [3.05, 3.63) is 103 Å². The third-order valence-corrected chi connectivity index (χ3v) is 5.69. The zero-order chi connectivity index (χ0) is 25.9. The van der Waals surface area contributed by atoms with Gasteiger partial charge in [-0.2, -0.15) is 0 Å². The summed E-state index contributed by atoms with van der Waals surface area (Å²) in [5.74, 6) is -1.51. The lowest BCUT2D eigenvalue weighted by atomic mass is 10.00. The number of hydrogen-bond acceptors (Lipinski definition) is 5. The van der Waals surface area contributed by atoms with Crippen LogP contribution in [0.1, 0.15) is 24.0 Å². The highest BCUT2D eigenvalue weighted by molar-refractivity contribution is 5.89. The Morgan fingerprint density at radius 3 is 2.06 bits per heavy atom. The van der Waals surface area contributed by atoms with Crippen molar-refractivity contribution in [1.82, 2.24) is 15.6 Å². The van der Waals surface area contributed by atoms with Gasteiger partial charge in [0.25, 0.3) is 0 Å². The SMILES string of the molecule is C=C(CCC(N)=O)N[C@H](Cc1cccnc1)C(=O)N[C@@H](Cc1ccc(-c2ccccc2)cc1)C(N)=O. The summed E-state index contributed by atoms with van der Waals surface area (Å²) >= 11 is 0. The van der Waals surface area contributed by atoms with Crippen molar-refractivity contribution in [1.29, 1.82) is 0 Å². The molecule has 0 fully saturated rings. The van der Waals surface area contributed by atoms with Gasteiger partial charge in [-0.1, -0.05) is 67.2 Å². The largest absolute Gasteiger partial charge is 0.377 e. The normalized spacial score (nSPS) is 12.2. The molecule has 3 aromatic rings. The second-order valence-electron chi connectivity index (χ2n) is 8.56. The third kappa shape index (κ3) is 8.09. The van der Waals surface area contributed by atoms with Crippen molar-refractivity contribution in [2.75, 3.05) is 0 Å². The van der Waals surface area contributed by atoms with Gasteiger partial charge in [0.15, 0.2) is 0 Å². The van der Waals surface area contributed by atoms with E-state index in [1.807, 2.05) is 60.7 Å². The quantitative estimate of drug-likeness (QED) is 0.294. The van der Waals surface area contributed by atoms with E-state index >= 15 is 0 Å². The Kier molecular flexibility index (Phi) is 9.33. The fourth-order valence-corrected chi connectivity index (χ4v) is 3.75. The molecular weight excluding hydrogens is 454 g/mol. The average molecular weight is 486 g/mol. The van der Waals surface area contributed by atoms with E-state index in [0.717, 1.165) is 22.3 Å². The lowest BCUT2D eigenvalue weighted by Gasteiger charge is -2.24. The van der Waals surface area contributed by atoms with Gasteiger partial charge in [0.1, 0.15) is 12.1 Å². The number of hydrogen-bond donors (Lipinski definition) is 4. The first-order valence-corrected chi connectivity index (χ1v) is 11.7. The van der Waals surface area contributed by atoms with Crippen molar-refractivity contribution in [3.8, 4) is 11.1 Å². The molecule has 3 rings (SSSR count). The highest BCUT2D eigenvalue weighted by Gasteiger charge is 2.25. The highest BCUT2D eigenvalue weighted by Crippen LogP contribution is 2.20. The number of nitrogens with one attached hydrogen (secondary N) is 2. The smallest absolute Gasteiger partial charge is 0.243 e. The van der Waals surface area contributed by atoms with Crippen LogP contribution in [0.2, 0.25) is 0 Å². The maximum atomic E-state index is 13.2. The van der Waals surface area contributed by atoms with Gasteiger partial charge in [-0.15, -0.1) is 0 Å². The first-order chi connectivity index (χ1) is 17.3. The molecule has 0 aliphatic heterocycles. The lowest BCUT2D eigenvalue weighted by molar-refractivity contribution is -0.128. The molecule has 6 N–H and O–H groups in total. The number of benzene rings is 2. The van der Waals surface area contributed by atoms with Crippen LogP contribution in [0.4, 0.5) is 0 Å². The molecule has 2 atom stereocenters. The van der Waals surface area contributed by atoms with E-state index in [-0.39, 0.29) is 12.8 Å². The summed E-state index contributed by atoms with van der Waals surface area (Å²) in [6, 6.07) is 19.7. The predicted molar refractivity (Wildman–Crippen MR) is 139 cm³/mol. The summed E-state index contributed by atoms with van der Waals surface area (Å²) < 4.78 is 0. The summed E-state index contributed by atoms with van der Waals surface area (Å²) in [4.78, 5) is 40.7. The molecule has 0 bridgehead atoms. The molecule has 2 aromatic carbocycles. The number of amides is 3. The Bertz CT molecular complexity index is 1180. The zero-order valence-electron chi connectivity index (χ0n) is 20.0. The van der Waals surface area contributed by atoms with E-state index in [9.17, 15) is 14.4 Å². The van der Waals surface area contributed by atoms with Crippen molar-refractivity contribution < 1.29 is 14.4 Å². The van der Waals surface area contributed by atoms with Gasteiger partial charge < -0.3 is 22.1 Å². The van der Waals surface area contributed by atoms with Crippen LogP contribution in [0.5, 0.6) is 0 Å². The molecule has 8 heteroatoms. The standard InChI is InChI=1S/C28H31N5O3/c1-19(9-14-26(29)34)32-25(17-21-6-5-15-31-18-21)28(36)33-24(27(30)35)16-20-10-12-23(13-11-20)22-7-3-2-4-8-22/h2-8,10-13,15,18,24-25,32H,1,9,14,16-17H2,(H2,29,34)(H2,30,35)(H,33,36)/t24-,25+/m0/s1. The first kappa shape index (κ1) is 26.2. The van der Waals surface area contributed by atoms with Crippen LogP contribution in [0.25, 0.3) is 11.1 Å². The summed E-state index contributed by atoms with van der Waals surface area (Å²) in [6.45, 7) is 3.90. The maximum absolute atomic E-state index is 13.2. The third-order valence-electron chi connectivity index (χ3n) is 5.69. The molecule has 36 heavy (non-hydrogen) atoms. The lowest BCUT2D eigenvalue weighted by Crippen LogP contribution is -2.53. The van der Waals surface area contributed by atoms with E-state index in [1.165, 1.54) is 0 Å². The van der Waals surface area contributed by atoms with Gasteiger partial charge in [0.2, 0.25) is 17.7 Å². The van der Waals surface area contributed by atoms with E-state index in [4.69, 9.17) is 11.5 Å². The zero-order valence-corrected chi connectivity index (χ0v) is 20.0. The number of pyridine rings is 1. The van der Waals surface area contributed by atoms with Crippen molar-refractivity contribution >= 4 is 17.7 Å². The minimum absolute atomic E-state index is 0.107. The molecule has 0 aliphatic carbocycles. The van der Waals surface area contributed by atoms with Gasteiger partial charge in [0.05, 0.1) is 0 Å². The maximum Gasteiger partial charge on any atom is 0.243 e. The monoisotopic (exact) mass is 485 g/mol. The van der Waals surface area contributed by atoms with Crippen molar-refractivity contribution in [2.24, 2.45) is 11.5 Å². The minimum atomic E-state index is -0.905. The van der Waals surface area contributed by atoms with Gasteiger partial charge in [0, 0.05) is 37.4 Å². The predicted octanol–water partition coefficient (Wildman–Crippen LogP) is 2.24. The molecule has 1 aromatic heterocycles. The van der Waals surface area contributed by atoms with Gasteiger partial charge >= 0.3 is 0 Å². The van der Waals surface area contributed by atoms with E-state index in [0.29, 0.717) is 18.5 Å². The second-order valence-corrected chi connectivity index (χ2v) is 8.56. The topological polar surface area (TPSA) is 140 Å². The summed E-state index contributed by atoms with van der Waals surface area (Å²) in [6.07, 6.45) is 4.25. The molecule has 0 radical (unpaired) electrons. The van der Waals surface area contributed by atoms with Crippen LogP contribution in [-0.4, -0.2) is 34.8 Å². The van der Waals surface area contributed by atoms with E-state index in [1.54, 1.807) is 18.5 Å². The van der Waals surface area contributed by atoms with Crippen LogP contribution in [-0.2, 0) is 27.2 Å². The van der Waals surface area contributed by atoms with Crippen molar-refractivity contribution in [3.63, 3.8) is 0 Å². The van der Waals surface area contributed by atoms with E-state index < -0.39 is 29.8 Å². The molecule has 1 heterocycles. The molecule has 0 aliphatic rings. The van der Waals surface area contributed by atoms with Gasteiger partial charge in [-0.05, 0) is 34.7 Å². The molecule has 186 valence electrons. The number of nitrogens with two attached hydrogens (primary N) is 2. The molecule has 0 unspecified atom stereocenters. The minimum Gasteiger partial charge on any atom is -0.377 e. The Morgan fingerprint density at radius 2 is 1.44 bits per heavy atom. The number of allylic oxidation sites excluding steroid dienone is 1. The molecule has 3 amide bonds.